The monoisotopic (exact) mass is 235 g/mol. The van der Waals surface area contributed by atoms with Gasteiger partial charge in [-0.05, 0) is 43.0 Å². The Balaban J connectivity index is 2.79. The average Bonchev–Trinajstić information content (AvgIpc) is 2.25. The Hall–Kier alpha value is -1.35. The number of aliphatic hydroxyl groups excluding tert-OH is 1. The fourth-order valence-corrected chi connectivity index (χ4v) is 1.81. The smallest absolute Gasteiger partial charge is 0.251 e. The van der Waals surface area contributed by atoms with Crippen LogP contribution in [0.25, 0.3) is 0 Å². The minimum atomic E-state index is -0.519. The van der Waals surface area contributed by atoms with Gasteiger partial charge < -0.3 is 10.4 Å². The molecule has 1 unspecified atom stereocenters. The topological polar surface area (TPSA) is 49.3 Å². The third kappa shape index (κ3) is 3.86. The average molecular weight is 235 g/mol. The van der Waals surface area contributed by atoms with E-state index in [0.29, 0.717) is 11.5 Å². The van der Waals surface area contributed by atoms with Crippen molar-refractivity contribution in [3.63, 3.8) is 0 Å². The molecule has 0 bridgehead atoms. The van der Waals surface area contributed by atoms with Gasteiger partial charge in [0.15, 0.2) is 0 Å². The van der Waals surface area contributed by atoms with Crippen molar-refractivity contribution < 1.29 is 9.90 Å². The quantitative estimate of drug-likeness (QED) is 0.840. The molecular formula is C14H21NO2. The Morgan fingerprint density at radius 1 is 1.35 bits per heavy atom. The standard InChI is InChI=1S/C14H21NO2/c1-9(2)13-6-5-12(7-10(13)3)14(17)15-8-11(4)16/h5-7,9,11,16H,8H2,1-4H3,(H,15,17). The van der Waals surface area contributed by atoms with E-state index in [1.165, 1.54) is 5.56 Å². The maximum absolute atomic E-state index is 11.8. The molecule has 1 amide bonds. The van der Waals surface area contributed by atoms with Crippen LogP contribution in [0.15, 0.2) is 18.2 Å². The van der Waals surface area contributed by atoms with Crippen LogP contribution in [0, 0.1) is 6.92 Å². The number of hydrogen-bond donors (Lipinski definition) is 2. The lowest BCUT2D eigenvalue weighted by atomic mass is 9.96. The number of carbonyl (C=O) groups excluding carboxylic acids is 1. The van der Waals surface area contributed by atoms with Crippen molar-refractivity contribution in [3.8, 4) is 0 Å². The van der Waals surface area contributed by atoms with Crippen LogP contribution in [-0.4, -0.2) is 23.7 Å². The van der Waals surface area contributed by atoms with E-state index in [1.54, 1.807) is 6.92 Å². The molecule has 0 aliphatic carbocycles. The molecule has 1 rings (SSSR count). The van der Waals surface area contributed by atoms with Gasteiger partial charge in [-0.1, -0.05) is 19.9 Å². The fourth-order valence-electron chi connectivity index (χ4n) is 1.81. The lowest BCUT2D eigenvalue weighted by Gasteiger charge is -2.12. The second-order valence-corrected chi connectivity index (χ2v) is 4.79. The molecule has 0 aliphatic rings. The first kappa shape index (κ1) is 13.7. The SMILES string of the molecule is Cc1cc(C(=O)NCC(C)O)ccc1C(C)C. The first-order valence-electron chi connectivity index (χ1n) is 5.98. The van der Waals surface area contributed by atoms with Crippen molar-refractivity contribution >= 4 is 5.91 Å². The first-order valence-corrected chi connectivity index (χ1v) is 5.98. The van der Waals surface area contributed by atoms with Crippen LogP contribution < -0.4 is 5.32 Å². The largest absolute Gasteiger partial charge is 0.392 e. The summed E-state index contributed by atoms with van der Waals surface area (Å²) in [6.07, 6.45) is -0.519. The normalized spacial score (nSPS) is 12.6. The number of rotatable bonds is 4. The molecule has 3 heteroatoms. The second kappa shape index (κ2) is 5.82. The molecule has 0 aromatic heterocycles. The van der Waals surface area contributed by atoms with Gasteiger partial charge >= 0.3 is 0 Å². The van der Waals surface area contributed by atoms with Crippen molar-refractivity contribution in [2.75, 3.05) is 6.54 Å². The molecule has 2 N–H and O–H groups in total. The Bertz CT molecular complexity index is 397. The van der Waals surface area contributed by atoms with Gasteiger partial charge in [-0.2, -0.15) is 0 Å². The van der Waals surface area contributed by atoms with Crippen molar-refractivity contribution in [1.82, 2.24) is 5.32 Å². The van der Waals surface area contributed by atoms with Crippen LogP contribution in [0.3, 0.4) is 0 Å². The molecule has 0 aliphatic heterocycles. The number of amides is 1. The van der Waals surface area contributed by atoms with E-state index in [4.69, 9.17) is 5.11 Å². The predicted octanol–water partition coefficient (Wildman–Crippen LogP) is 2.23. The number of carbonyl (C=O) groups is 1. The second-order valence-electron chi connectivity index (χ2n) is 4.79. The number of aryl methyl sites for hydroxylation is 1. The highest BCUT2D eigenvalue weighted by molar-refractivity contribution is 5.94. The van der Waals surface area contributed by atoms with Crippen LogP contribution in [0.5, 0.6) is 0 Å². The summed E-state index contributed by atoms with van der Waals surface area (Å²) >= 11 is 0. The van der Waals surface area contributed by atoms with Gasteiger partial charge in [-0.15, -0.1) is 0 Å². The molecule has 0 heterocycles. The third-order valence-electron chi connectivity index (χ3n) is 2.71. The molecule has 0 fully saturated rings. The lowest BCUT2D eigenvalue weighted by molar-refractivity contribution is 0.0924. The Morgan fingerprint density at radius 3 is 2.47 bits per heavy atom. The molecule has 17 heavy (non-hydrogen) atoms. The van der Waals surface area contributed by atoms with Crippen LogP contribution >= 0.6 is 0 Å². The number of nitrogens with one attached hydrogen (secondary N) is 1. The maximum Gasteiger partial charge on any atom is 0.251 e. The molecule has 0 saturated carbocycles. The van der Waals surface area contributed by atoms with Crippen molar-refractivity contribution in [2.45, 2.75) is 39.7 Å². The van der Waals surface area contributed by atoms with E-state index in [9.17, 15) is 4.79 Å². The van der Waals surface area contributed by atoms with E-state index in [1.807, 2.05) is 25.1 Å². The summed E-state index contributed by atoms with van der Waals surface area (Å²) in [5, 5.41) is 11.8. The highest BCUT2D eigenvalue weighted by Crippen LogP contribution is 2.19. The lowest BCUT2D eigenvalue weighted by Crippen LogP contribution is -2.30. The molecule has 1 aromatic rings. The molecule has 0 radical (unpaired) electrons. The highest BCUT2D eigenvalue weighted by Gasteiger charge is 2.09. The molecule has 0 spiro atoms. The van der Waals surface area contributed by atoms with E-state index < -0.39 is 6.10 Å². The summed E-state index contributed by atoms with van der Waals surface area (Å²) < 4.78 is 0. The summed E-state index contributed by atoms with van der Waals surface area (Å²) in [5.41, 5.74) is 3.04. The van der Waals surface area contributed by atoms with E-state index in [0.717, 1.165) is 5.56 Å². The highest BCUT2D eigenvalue weighted by atomic mass is 16.3. The van der Waals surface area contributed by atoms with Gasteiger partial charge in [0.1, 0.15) is 0 Å². The van der Waals surface area contributed by atoms with E-state index >= 15 is 0 Å². The molecule has 3 nitrogen and oxygen atoms in total. The van der Waals surface area contributed by atoms with Crippen molar-refractivity contribution in [1.29, 1.82) is 0 Å². The Morgan fingerprint density at radius 2 is 2.00 bits per heavy atom. The minimum Gasteiger partial charge on any atom is -0.392 e. The minimum absolute atomic E-state index is 0.135. The van der Waals surface area contributed by atoms with Gasteiger partial charge in [0, 0.05) is 12.1 Å². The summed E-state index contributed by atoms with van der Waals surface area (Å²) in [6, 6.07) is 5.73. The van der Waals surface area contributed by atoms with Crippen LogP contribution in [0.2, 0.25) is 0 Å². The molecular weight excluding hydrogens is 214 g/mol. The van der Waals surface area contributed by atoms with Gasteiger partial charge in [0.05, 0.1) is 6.10 Å². The molecule has 0 saturated heterocycles. The van der Waals surface area contributed by atoms with E-state index in [2.05, 4.69) is 19.2 Å². The van der Waals surface area contributed by atoms with Crippen LogP contribution in [-0.2, 0) is 0 Å². The Labute approximate surface area is 103 Å². The zero-order valence-electron chi connectivity index (χ0n) is 10.9. The van der Waals surface area contributed by atoms with Crippen molar-refractivity contribution in [2.24, 2.45) is 0 Å². The third-order valence-corrected chi connectivity index (χ3v) is 2.71. The van der Waals surface area contributed by atoms with Crippen molar-refractivity contribution in [3.05, 3.63) is 34.9 Å². The fraction of sp³-hybridized carbons (Fsp3) is 0.500. The summed E-state index contributed by atoms with van der Waals surface area (Å²) in [7, 11) is 0. The summed E-state index contributed by atoms with van der Waals surface area (Å²) in [4.78, 5) is 11.8. The van der Waals surface area contributed by atoms with Crippen LogP contribution in [0.1, 0.15) is 48.2 Å². The molecule has 1 atom stereocenters. The van der Waals surface area contributed by atoms with E-state index in [-0.39, 0.29) is 12.5 Å². The summed E-state index contributed by atoms with van der Waals surface area (Å²) in [6.45, 7) is 8.21. The molecule has 1 aromatic carbocycles. The van der Waals surface area contributed by atoms with Crippen LogP contribution in [0.4, 0.5) is 0 Å². The zero-order valence-corrected chi connectivity index (χ0v) is 10.9. The number of aliphatic hydroxyl groups is 1. The zero-order chi connectivity index (χ0) is 13.0. The van der Waals surface area contributed by atoms with Gasteiger partial charge in [-0.25, -0.2) is 0 Å². The first-order chi connectivity index (χ1) is 7.91. The van der Waals surface area contributed by atoms with Gasteiger partial charge in [0.25, 0.3) is 5.91 Å². The van der Waals surface area contributed by atoms with Gasteiger partial charge in [0.2, 0.25) is 0 Å². The Kier molecular flexibility index (Phi) is 4.70. The molecule has 94 valence electrons. The number of hydrogen-bond acceptors (Lipinski definition) is 2. The summed E-state index contributed by atoms with van der Waals surface area (Å²) in [5.74, 6) is 0.328. The number of benzene rings is 1. The van der Waals surface area contributed by atoms with Gasteiger partial charge in [-0.3, -0.25) is 4.79 Å². The predicted molar refractivity (Wildman–Crippen MR) is 69.3 cm³/mol. The maximum atomic E-state index is 11.8.